The van der Waals surface area contributed by atoms with Gasteiger partial charge >= 0.3 is 12.1 Å². The van der Waals surface area contributed by atoms with Crippen LogP contribution < -0.4 is 28.1 Å². The maximum absolute atomic E-state index is 13.3. The van der Waals surface area contributed by atoms with E-state index in [4.69, 9.17) is 17.2 Å². The first-order valence-corrected chi connectivity index (χ1v) is 10.9. The third kappa shape index (κ3) is 8.05. The molecule has 1 unspecified atom stereocenters. The zero-order valence-electron chi connectivity index (χ0n) is 19.3. The van der Waals surface area contributed by atoms with Crippen LogP contribution in [-0.4, -0.2) is 50.9 Å². The van der Waals surface area contributed by atoms with Crippen molar-refractivity contribution in [2.45, 2.75) is 50.2 Å². The number of nitrogen functional groups attached to an aromatic ring is 2. The monoisotopic (exact) mass is 526 g/mol. The normalized spacial score (nSPS) is 12.9. The van der Waals surface area contributed by atoms with Gasteiger partial charge in [-0.25, -0.2) is 4.79 Å². The number of H-pyrrole nitrogens is 1. The molecule has 0 aliphatic carbocycles. The van der Waals surface area contributed by atoms with E-state index < -0.39 is 47.3 Å². The number of nitrogens with one attached hydrogen (secondary N) is 2. The summed E-state index contributed by atoms with van der Waals surface area (Å²) in [6.45, 7) is 0. The van der Waals surface area contributed by atoms with Crippen LogP contribution >= 0.6 is 0 Å². The number of halogens is 3. The standard InChI is InChI=1S/C22H25F3N6O6/c23-22(24,25)16(33)12(2-1-3-13-17(27)30-21(28)31-19(13)35)10-4-6-11(7-5-10)18(34)29-14(20(36)37)8-9-15(26)32/h4-7,12,14H,1-3,8-9H2,(H2,26,32)(H,29,34)(H,36,37)(H5,27,28,30,31,35)/t12?,14-/m0/s1. The summed E-state index contributed by atoms with van der Waals surface area (Å²) in [5, 5.41) is 11.4. The number of anilines is 2. The number of hydrogen-bond acceptors (Lipinski definition) is 8. The molecule has 0 radical (unpaired) electrons. The molecule has 0 aliphatic rings. The van der Waals surface area contributed by atoms with Crippen molar-refractivity contribution >= 4 is 35.3 Å². The van der Waals surface area contributed by atoms with Crippen molar-refractivity contribution in [1.29, 1.82) is 0 Å². The number of alkyl halides is 3. The number of carbonyl (C=O) groups excluding carboxylic acids is 3. The van der Waals surface area contributed by atoms with Crippen LogP contribution in [0.1, 0.15) is 53.1 Å². The summed E-state index contributed by atoms with van der Waals surface area (Å²) in [6.07, 6.45) is -6.10. The first-order valence-electron chi connectivity index (χ1n) is 10.9. The molecule has 9 N–H and O–H groups in total. The smallest absolute Gasteiger partial charge is 0.450 e. The van der Waals surface area contributed by atoms with Gasteiger partial charge in [-0.3, -0.25) is 24.2 Å². The molecule has 0 fully saturated rings. The van der Waals surface area contributed by atoms with Gasteiger partial charge < -0.3 is 27.6 Å². The van der Waals surface area contributed by atoms with Crippen molar-refractivity contribution < 1.29 is 37.5 Å². The van der Waals surface area contributed by atoms with Gasteiger partial charge in [0.2, 0.25) is 17.6 Å². The van der Waals surface area contributed by atoms with Gasteiger partial charge in [0, 0.05) is 12.0 Å². The molecule has 15 heteroatoms. The number of benzene rings is 1. The molecule has 2 aromatic rings. The van der Waals surface area contributed by atoms with Crippen LogP contribution in [0.2, 0.25) is 0 Å². The first-order chi connectivity index (χ1) is 17.2. The highest BCUT2D eigenvalue weighted by Gasteiger charge is 2.43. The molecule has 37 heavy (non-hydrogen) atoms. The average Bonchev–Trinajstić information content (AvgIpc) is 2.79. The SMILES string of the molecule is NC(=O)CC[C@H](NC(=O)c1ccc(C(CCCc2c(N)nc(N)[nH]c2=O)C(=O)C(F)(F)F)cc1)C(=O)O. The minimum atomic E-state index is -5.14. The van der Waals surface area contributed by atoms with Gasteiger partial charge in [-0.2, -0.15) is 18.2 Å². The van der Waals surface area contributed by atoms with Crippen LogP contribution in [0.3, 0.4) is 0 Å². The molecule has 0 spiro atoms. The summed E-state index contributed by atoms with van der Waals surface area (Å²) in [5.41, 5.74) is 15.3. The Bertz CT molecular complexity index is 1230. The number of aromatic nitrogens is 2. The fourth-order valence-corrected chi connectivity index (χ4v) is 3.56. The second-order valence-electron chi connectivity index (χ2n) is 8.11. The van der Waals surface area contributed by atoms with Gasteiger partial charge in [0.1, 0.15) is 11.9 Å². The Hall–Kier alpha value is -4.43. The summed E-state index contributed by atoms with van der Waals surface area (Å²) in [6, 6.07) is 3.16. The molecule has 1 heterocycles. The molecule has 0 saturated carbocycles. The topological polar surface area (TPSA) is 224 Å². The zero-order chi connectivity index (χ0) is 27.9. The number of amides is 2. The number of carbonyl (C=O) groups is 4. The molecule has 2 rings (SSSR count). The number of primary amides is 1. The van der Waals surface area contributed by atoms with Gasteiger partial charge in [-0.15, -0.1) is 0 Å². The average molecular weight is 526 g/mol. The van der Waals surface area contributed by atoms with E-state index in [0.29, 0.717) is 0 Å². The number of nitrogens with zero attached hydrogens (tertiary/aromatic N) is 1. The highest BCUT2D eigenvalue weighted by molar-refractivity contribution is 5.97. The Morgan fingerprint density at radius 2 is 1.70 bits per heavy atom. The number of carboxylic acids is 1. The summed E-state index contributed by atoms with van der Waals surface area (Å²) in [7, 11) is 0. The summed E-state index contributed by atoms with van der Waals surface area (Å²) < 4.78 is 39.8. The van der Waals surface area contributed by atoms with Crippen LogP contribution in [0.5, 0.6) is 0 Å². The van der Waals surface area contributed by atoms with Crippen molar-refractivity contribution in [3.05, 3.63) is 51.3 Å². The number of aromatic amines is 1. The van der Waals surface area contributed by atoms with E-state index in [-0.39, 0.29) is 60.6 Å². The van der Waals surface area contributed by atoms with Crippen molar-refractivity contribution in [2.24, 2.45) is 5.73 Å². The molecule has 2 amide bonds. The van der Waals surface area contributed by atoms with E-state index in [2.05, 4.69) is 15.3 Å². The zero-order valence-corrected chi connectivity index (χ0v) is 19.3. The molecule has 0 saturated heterocycles. The van der Waals surface area contributed by atoms with Crippen molar-refractivity contribution in [2.75, 3.05) is 11.5 Å². The van der Waals surface area contributed by atoms with E-state index in [1.54, 1.807) is 0 Å². The lowest BCUT2D eigenvalue weighted by Crippen LogP contribution is -2.41. The minimum absolute atomic E-state index is 0.0174. The highest BCUT2D eigenvalue weighted by atomic mass is 19.4. The van der Waals surface area contributed by atoms with Crippen LogP contribution in [-0.2, 0) is 20.8 Å². The molecule has 12 nitrogen and oxygen atoms in total. The van der Waals surface area contributed by atoms with E-state index in [0.717, 1.165) is 24.3 Å². The third-order valence-electron chi connectivity index (χ3n) is 5.44. The number of nitrogens with two attached hydrogens (primary N) is 3. The number of aliphatic carboxylic acids is 1. The Labute approximate surface area is 207 Å². The summed E-state index contributed by atoms with van der Waals surface area (Å²) in [4.78, 5) is 64.6. The van der Waals surface area contributed by atoms with Crippen LogP contribution in [0.4, 0.5) is 24.9 Å². The van der Waals surface area contributed by atoms with Crippen LogP contribution in [0.25, 0.3) is 0 Å². The number of rotatable bonds is 12. The summed E-state index contributed by atoms with van der Waals surface area (Å²) in [5.74, 6) is -7.06. The predicted molar refractivity (Wildman–Crippen MR) is 124 cm³/mol. The Morgan fingerprint density at radius 1 is 1.08 bits per heavy atom. The lowest BCUT2D eigenvalue weighted by molar-refractivity contribution is -0.173. The lowest BCUT2D eigenvalue weighted by atomic mass is 9.88. The minimum Gasteiger partial charge on any atom is -0.480 e. The van der Waals surface area contributed by atoms with Gasteiger partial charge in [-0.05, 0) is 43.4 Å². The molecular weight excluding hydrogens is 501 g/mol. The second kappa shape index (κ2) is 12.0. The Morgan fingerprint density at radius 3 is 2.22 bits per heavy atom. The largest absolute Gasteiger partial charge is 0.480 e. The molecule has 0 bridgehead atoms. The van der Waals surface area contributed by atoms with Crippen LogP contribution in [0, 0.1) is 0 Å². The quantitative estimate of drug-likeness (QED) is 0.228. The lowest BCUT2D eigenvalue weighted by Gasteiger charge is -2.19. The predicted octanol–water partition coefficient (Wildman–Crippen LogP) is 0.621. The van der Waals surface area contributed by atoms with Gasteiger partial charge in [0.25, 0.3) is 11.5 Å². The summed E-state index contributed by atoms with van der Waals surface area (Å²) >= 11 is 0. The van der Waals surface area contributed by atoms with Crippen LogP contribution in [0.15, 0.2) is 29.1 Å². The third-order valence-corrected chi connectivity index (χ3v) is 5.44. The second-order valence-corrected chi connectivity index (χ2v) is 8.11. The van der Waals surface area contributed by atoms with Gasteiger partial charge in [0.05, 0.1) is 11.5 Å². The molecule has 1 aromatic heterocycles. The number of carboxylic acid groups (broad SMARTS) is 1. The maximum Gasteiger partial charge on any atom is 0.450 e. The van der Waals surface area contributed by atoms with Crippen molar-refractivity contribution in [3.8, 4) is 0 Å². The van der Waals surface area contributed by atoms with E-state index >= 15 is 0 Å². The molecule has 0 aliphatic heterocycles. The molecule has 200 valence electrons. The number of Topliss-reactive ketones (excluding diaryl/α,β-unsaturated/α-hetero) is 1. The molecule has 2 atom stereocenters. The molecule has 1 aromatic carbocycles. The fraction of sp³-hybridized carbons (Fsp3) is 0.364. The van der Waals surface area contributed by atoms with Crippen molar-refractivity contribution in [1.82, 2.24) is 15.3 Å². The highest BCUT2D eigenvalue weighted by Crippen LogP contribution is 2.32. The number of ketones is 1. The maximum atomic E-state index is 13.3. The molecular formula is C22H25F3N6O6. The van der Waals surface area contributed by atoms with E-state index in [9.17, 15) is 42.3 Å². The van der Waals surface area contributed by atoms with E-state index in [1.807, 2.05) is 0 Å². The Balaban J connectivity index is 2.19. The van der Waals surface area contributed by atoms with Crippen molar-refractivity contribution in [3.63, 3.8) is 0 Å². The van der Waals surface area contributed by atoms with E-state index in [1.165, 1.54) is 0 Å². The fourth-order valence-electron chi connectivity index (χ4n) is 3.56. The van der Waals surface area contributed by atoms with Gasteiger partial charge in [0.15, 0.2) is 0 Å². The Kier molecular flexibility index (Phi) is 9.35. The van der Waals surface area contributed by atoms with Gasteiger partial charge in [-0.1, -0.05) is 12.1 Å². The first kappa shape index (κ1) is 28.8. The number of hydrogen-bond donors (Lipinski definition) is 6.